The number of carbonyl (C=O) groups excluding carboxylic acids is 2. The molecule has 0 aliphatic rings. The molecule has 1 heterocycles. The molecular formula is C26H21N3O4. The predicted molar refractivity (Wildman–Crippen MR) is 126 cm³/mol. The number of ether oxygens (including phenoxy) is 2. The highest BCUT2D eigenvalue weighted by molar-refractivity contribution is 6.14. The van der Waals surface area contributed by atoms with Crippen molar-refractivity contribution < 1.29 is 19.1 Å². The lowest BCUT2D eigenvalue weighted by Gasteiger charge is -2.13. The molecule has 0 radical (unpaired) electrons. The van der Waals surface area contributed by atoms with Crippen LogP contribution in [-0.2, 0) is 19.1 Å². The van der Waals surface area contributed by atoms with E-state index < -0.39 is 11.9 Å². The number of anilines is 1. The average Bonchev–Trinajstić information content (AvgIpc) is 2.88. The van der Waals surface area contributed by atoms with Gasteiger partial charge < -0.3 is 14.8 Å². The Morgan fingerprint density at radius 1 is 0.727 bits per heavy atom. The first-order valence-electron chi connectivity index (χ1n) is 10.2. The Labute approximate surface area is 190 Å². The number of hydrogen-bond donors (Lipinski definition) is 1. The molecule has 164 valence electrons. The fourth-order valence-electron chi connectivity index (χ4n) is 3.36. The lowest BCUT2D eigenvalue weighted by molar-refractivity contribution is -0.144. The summed E-state index contributed by atoms with van der Waals surface area (Å²) in [6.45, 7) is 0. The summed E-state index contributed by atoms with van der Waals surface area (Å²) < 4.78 is 9.35. The fraction of sp³-hybridized carbons (Fsp3) is 0.0769. The van der Waals surface area contributed by atoms with Crippen LogP contribution in [0.25, 0.3) is 33.5 Å². The number of para-hydroxylation sites is 1. The van der Waals surface area contributed by atoms with Gasteiger partial charge in [-0.25, -0.2) is 19.6 Å². The molecule has 1 aromatic heterocycles. The summed E-state index contributed by atoms with van der Waals surface area (Å²) in [5, 5.41) is 2.99. The van der Waals surface area contributed by atoms with Gasteiger partial charge in [0.2, 0.25) is 0 Å². The molecule has 0 atom stereocenters. The fourth-order valence-corrected chi connectivity index (χ4v) is 3.36. The molecule has 3 aromatic carbocycles. The Bertz CT molecular complexity index is 1320. The number of aromatic nitrogens is 2. The Morgan fingerprint density at radius 2 is 1.27 bits per heavy atom. The smallest absolute Gasteiger partial charge is 0.346 e. The van der Waals surface area contributed by atoms with Crippen molar-refractivity contribution in [3.05, 3.63) is 90.6 Å². The van der Waals surface area contributed by atoms with Crippen LogP contribution in [0.4, 0.5) is 5.69 Å². The van der Waals surface area contributed by atoms with Gasteiger partial charge in [-0.15, -0.1) is 0 Å². The van der Waals surface area contributed by atoms with Crippen LogP contribution in [0.1, 0.15) is 0 Å². The minimum absolute atomic E-state index is 0.269. The third kappa shape index (κ3) is 4.57. The summed E-state index contributed by atoms with van der Waals surface area (Å²) in [5.74, 6) is -1.62. The van der Waals surface area contributed by atoms with Crippen LogP contribution in [0, 0.1) is 0 Å². The Kier molecular flexibility index (Phi) is 6.40. The first-order valence-corrected chi connectivity index (χ1v) is 10.2. The van der Waals surface area contributed by atoms with Gasteiger partial charge in [0.25, 0.3) is 0 Å². The Hall–Kier alpha value is -4.52. The molecule has 0 saturated heterocycles. The van der Waals surface area contributed by atoms with E-state index >= 15 is 0 Å². The van der Waals surface area contributed by atoms with Crippen LogP contribution >= 0.6 is 0 Å². The third-order valence-electron chi connectivity index (χ3n) is 4.97. The van der Waals surface area contributed by atoms with Gasteiger partial charge in [0.05, 0.1) is 36.8 Å². The number of benzene rings is 3. The van der Waals surface area contributed by atoms with Crippen LogP contribution in [-0.4, -0.2) is 36.1 Å². The molecule has 0 fully saturated rings. The molecule has 7 nitrogen and oxygen atoms in total. The van der Waals surface area contributed by atoms with E-state index in [-0.39, 0.29) is 5.57 Å². The maximum Gasteiger partial charge on any atom is 0.346 e. The number of fused-ring (bicyclic) bond motifs is 1. The molecule has 0 spiro atoms. The zero-order valence-corrected chi connectivity index (χ0v) is 18.1. The van der Waals surface area contributed by atoms with Crippen LogP contribution < -0.4 is 5.32 Å². The van der Waals surface area contributed by atoms with Crippen molar-refractivity contribution >= 4 is 28.7 Å². The van der Waals surface area contributed by atoms with Gasteiger partial charge >= 0.3 is 11.9 Å². The van der Waals surface area contributed by atoms with Crippen molar-refractivity contribution in [1.29, 1.82) is 0 Å². The quantitative estimate of drug-likeness (QED) is 0.203. The first-order chi connectivity index (χ1) is 16.1. The van der Waals surface area contributed by atoms with Gasteiger partial charge in [-0.3, -0.25) is 0 Å². The van der Waals surface area contributed by atoms with E-state index in [4.69, 9.17) is 9.97 Å². The van der Waals surface area contributed by atoms with Crippen LogP contribution in [0.3, 0.4) is 0 Å². The normalized spacial score (nSPS) is 10.4. The number of hydrogen-bond acceptors (Lipinski definition) is 7. The molecule has 0 aliphatic carbocycles. The van der Waals surface area contributed by atoms with Gasteiger partial charge in [-0.2, -0.15) is 0 Å². The number of nitrogens with one attached hydrogen (secondary N) is 1. The molecule has 0 bridgehead atoms. The van der Waals surface area contributed by atoms with Gasteiger partial charge in [-0.1, -0.05) is 66.7 Å². The maximum atomic E-state index is 12.0. The summed E-state index contributed by atoms with van der Waals surface area (Å²) in [7, 11) is 2.39. The second kappa shape index (κ2) is 9.74. The van der Waals surface area contributed by atoms with Crippen molar-refractivity contribution in [2.75, 3.05) is 19.5 Å². The zero-order valence-electron chi connectivity index (χ0n) is 18.1. The van der Waals surface area contributed by atoms with E-state index in [9.17, 15) is 9.59 Å². The number of methoxy groups -OCH3 is 2. The van der Waals surface area contributed by atoms with E-state index in [1.165, 1.54) is 20.4 Å². The van der Waals surface area contributed by atoms with Crippen molar-refractivity contribution in [2.24, 2.45) is 0 Å². The minimum Gasteiger partial charge on any atom is -0.465 e. The summed E-state index contributed by atoms with van der Waals surface area (Å²) in [6.07, 6.45) is 1.25. The SMILES string of the molecule is COC(=O)C(=CNc1cccc2nc(-c3ccccc3)c(-c3ccccc3)nc12)C(=O)OC. The number of carbonyl (C=O) groups is 2. The van der Waals surface area contributed by atoms with Gasteiger partial charge in [0, 0.05) is 17.3 Å². The average molecular weight is 439 g/mol. The topological polar surface area (TPSA) is 90.4 Å². The van der Waals surface area contributed by atoms with Gasteiger partial charge in [-0.05, 0) is 12.1 Å². The lowest BCUT2D eigenvalue weighted by atomic mass is 10.0. The van der Waals surface area contributed by atoms with Crippen LogP contribution in [0.15, 0.2) is 90.6 Å². The second-order valence-electron chi connectivity index (χ2n) is 7.01. The monoisotopic (exact) mass is 439 g/mol. The highest BCUT2D eigenvalue weighted by atomic mass is 16.5. The van der Waals surface area contributed by atoms with E-state index in [0.717, 1.165) is 16.8 Å². The van der Waals surface area contributed by atoms with E-state index in [1.807, 2.05) is 72.8 Å². The second-order valence-corrected chi connectivity index (χ2v) is 7.01. The summed E-state index contributed by atoms with van der Waals surface area (Å²) in [4.78, 5) is 33.8. The largest absolute Gasteiger partial charge is 0.465 e. The van der Waals surface area contributed by atoms with Crippen molar-refractivity contribution in [3.63, 3.8) is 0 Å². The predicted octanol–water partition coefficient (Wildman–Crippen LogP) is 4.61. The molecule has 1 N–H and O–H groups in total. The van der Waals surface area contributed by atoms with Crippen LogP contribution in [0.2, 0.25) is 0 Å². The number of esters is 2. The molecule has 0 amide bonds. The first kappa shape index (κ1) is 21.7. The molecule has 33 heavy (non-hydrogen) atoms. The van der Waals surface area contributed by atoms with Crippen molar-refractivity contribution in [2.45, 2.75) is 0 Å². The van der Waals surface area contributed by atoms with Crippen molar-refractivity contribution in [1.82, 2.24) is 9.97 Å². The Morgan fingerprint density at radius 3 is 1.82 bits per heavy atom. The standard InChI is InChI=1S/C26H21N3O4/c1-32-25(30)19(26(31)33-2)16-27-20-14-9-15-21-24(20)29-23(18-12-7-4-8-13-18)22(28-21)17-10-5-3-6-11-17/h3-16,27H,1-2H3. The van der Waals surface area contributed by atoms with Gasteiger partial charge in [0.15, 0.2) is 5.57 Å². The summed E-state index contributed by atoms with van der Waals surface area (Å²) in [5.41, 5.74) is 4.88. The molecule has 4 rings (SSSR count). The van der Waals surface area contributed by atoms with E-state index in [2.05, 4.69) is 14.8 Å². The summed E-state index contributed by atoms with van der Waals surface area (Å²) in [6, 6.07) is 25.1. The molecular weight excluding hydrogens is 418 g/mol. The summed E-state index contributed by atoms with van der Waals surface area (Å²) >= 11 is 0. The zero-order chi connectivity index (χ0) is 23.2. The molecule has 4 aromatic rings. The molecule has 7 heteroatoms. The Balaban J connectivity index is 1.88. The van der Waals surface area contributed by atoms with Crippen LogP contribution in [0.5, 0.6) is 0 Å². The number of nitrogens with zero attached hydrogens (tertiary/aromatic N) is 2. The highest BCUT2D eigenvalue weighted by Crippen LogP contribution is 2.32. The maximum absolute atomic E-state index is 12.0. The van der Waals surface area contributed by atoms with E-state index in [1.54, 1.807) is 6.07 Å². The molecule has 0 unspecified atom stereocenters. The third-order valence-corrected chi connectivity index (χ3v) is 4.97. The highest BCUT2D eigenvalue weighted by Gasteiger charge is 2.20. The molecule has 0 aliphatic heterocycles. The minimum atomic E-state index is -0.808. The lowest BCUT2D eigenvalue weighted by Crippen LogP contribution is -2.17. The number of rotatable bonds is 6. The molecule has 0 saturated carbocycles. The van der Waals surface area contributed by atoms with E-state index in [0.29, 0.717) is 22.4 Å². The van der Waals surface area contributed by atoms with Gasteiger partial charge in [0.1, 0.15) is 5.52 Å². The van der Waals surface area contributed by atoms with Crippen molar-refractivity contribution in [3.8, 4) is 22.5 Å².